The first-order chi connectivity index (χ1) is 12.9. The first-order valence-corrected chi connectivity index (χ1v) is 10.7. The van der Waals surface area contributed by atoms with Gasteiger partial charge in [0.2, 0.25) is 10.0 Å². The van der Waals surface area contributed by atoms with Crippen molar-refractivity contribution in [2.75, 3.05) is 20.1 Å². The molecule has 1 fully saturated rings. The molecule has 0 aromatic heterocycles. The van der Waals surface area contributed by atoms with Crippen LogP contribution in [0.4, 0.5) is 0 Å². The van der Waals surface area contributed by atoms with Crippen LogP contribution >= 0.6 is 0 Å². The lowest BCUT2D eigenvalue weighted by Crippen LogP contribution is -2.35. The molecule has 1 saturated heterocycles. The summed E-state index contributed by atoms with van der Waals surface area (Å²) >= 11 is 0. The molecule has 0 radical (unpaired) electrons. The average Bonchev–Trinajstić information content (AvgIpc) is 2.69. The summed E-state index contributed by atoms with van der Waals surface area (Å²) in [4.78, 5) is 14.8. The second kappa shape index (κ2) is 8.23. The van der Waals surface area contributed by atoms with Gasteiger partial charge in [-0.25, -0.2) is 8.42 Å². The molecule has 27 heavy (non-hydrogen) atoms. The number of amides is 1. The third-order valence-corrected chi connectivity index (χ3v) is 6.90. The molecule has 5 nitrogen and oxygen atoms in total. The van der Waals surface area contributed by atoms with Crippen LogP contribution in [0.3, 0.4) is 0 Å². The minimum atomic E-state index is -3.56. The van der Waals surface area contributed by atoms with Gasteiger partial charge in [0, 0.05) is 32.2 Å². The van der Waals surface area contributed by atoms with E-state index in [9.17, 15) is 13.2 Å². The van der Waals surface area contributed by atoms with Crippen LogP contribution in [0.5, 0.6) is 0 Å². The summed E-state index contributed by atoms with van der Waals surface area (Å²) in [6.07, 6.45) is 2.83. The Kier molecular flexibility index (Phi) is 5.97. The topological polar surface area (TPSA) is 57.7 Å². The molecule has 0 saturated carbocycles. The number of benzene rings is 2. The standard InChI is InChI=1S/C21H26N2O3S/c1-17-11-12-19(27(25,26)23-13-7-4-8-14-23)15-20(17)21(24)22(2)16-18-9-5-3-6-10-18/h3,5-6,9-12,15H,4,7-8,13-14,16H2,1-2H3. The van der Waals surface area contributed by atoms with Crippen LogP contribution in [0.2, 0.25) is 0 Å². The monoisotopic (exact) mass is 386 g/mol. The molecule has 0 bridgehead atoms. The fraction of sp³-hybridized carbons (Fsp3) is 0.381. The van der Waals surface area contributed by atoms with Crippen molar-refractivity contribution in [2.24, 2.45) is 0 Å². The van der Waals surface area contributed by atoms with E-state index in [1.807, 2.05) is 37.3 Å². The number of piperidine rings is 1. The predicted molar refractivity (Wildman–Crippen MR) is 106 cm³/mol. The Bertz CT molecular complexity index is 904. The van der Waals surface area contributed by atoms with E-state index in [1.54, 1.807) is 24.1 Å². The Morgan fingerprint density at radius 2 is 1.70 bits per heavy atom. The first-order valence-electron chi connectivity index (χ1n) is 9.30. The lowest BCUT2D eigenvalue weighted by atomic mass is 10.1. The Hall–Kier alpha value is -2.18. The maximum absolute atomic E-state index is 12.9. The van der Waals surface area contributed by atoms with E-state index in [1.165, 1.54) is 10.4 Å². The van der Waals surface area contributed by atoms with E-state index in [0.29, 0.717) is 25.2 Å². The fourth-order valence-electron chi connectivity index (χ4n) is 3.38. The summed E-state index contributed by atoms with van der Waals surface area (Å²) in [5.74, 6) is -0.174. The van der Waals surface area contributed by atoms with Crippen molar-refractivity contribution in [3.05, 3.63) is 65.2 Å². The number of sulfonamides is 1. The van der Waals surface area contributed by atoms with Gasteiger partial charge in [-0.2, -0.15) is 4.31 Å². The zero-order valence-electron chi connectivity index (χ0n) is 15.9. The second-order valence-electron chi connectivity index (χ2n) is 7.09. The summed E-state index contributed by atoms with van der Waals surface area (Å²) in [6, 6.07) is 14.6. The lowest BCUT2D eigenvalue weighted by Gasteiger charge is -2.26. The number of hydrogen-bond donors (Lipinski definition) is 0. The van der Waals surface area contributed by atoms with Gasteiger partial charge in [0.25, 0.3) is 5.91 Å². The third kappa shape index (κ3) is 4.39. The van der Waals surface area contributed by atoms with Crippen LogP contribution in [0.1, 0.15) is 40.7 Å². The second-order valence-corrected chi connectivity index (χ2v) is 9.03. The van der Waals surface area contributed by atoms with Crippen molar-refractivity contribution < 1.29 is 13.2 Å². The van der Waals surface area contributed by atoms with Gasteiger partial charge in [-0.05, 0) is 43.0 Å². The van der Waals surface area contributed by atoms with Crippen LogP contribution < -0.4 is 0 Å². The van der Waals surface area contributed by atoms with Gasteiger partial charge in [-0.3, -0.25) is 4.79 Å². The van der Waals surface area contributed by atoms with Crippen LogP contribution in [-0.4, -0.2) is 43.7 Å². The number of carbonyl (C=O) groups is 1. The van der Waals surface area contributed by atoms with Crippen molar-refractivity contribution in [3.63, 3.8) is 0 Å². The van der Waals surface area contributed by atoms with Crippen molar-refractivity contribution in [2.45, 2.75) is 37.6 Å². The molecule has 1 aliphatic rings. The minimum absolute atomic E-state index is 0.174. The molecule has 6 heteroatoms. The molecule has 3 rings (SSSR count). The summed E-state index contributed by atoms with van der Waals surface area (Å²) < 4.78 is 27.4. The molecule has 2 aromatic rings. The van der Waals surface area contributed by atoms with Gasteiger partial charge in [-0.1, -0.05) is 42.8 Å². The van der Waals surface area contributed by atoms with Crippen LogP contribution in [0, 0.1) is 6.92 Å². The highest BCUT2D eigenvalue weighted by molar-refractivity contribution is 7.89. The normalized spacial score (nSPS) is 15.5. The highest BCUT2D eigenvalue weighted by atomic mass is 32.2. The minimum Gasteiger partial charge on any atom is -0.337 e. The van der Waals surface area contributed by atoms with E-state index in [4.69, 9.17) is 0 Å². The average molecular weight is 387 g/mol. The molecule has 2 aromatic carbocycles. The zero-order chi connectivity index (χ0) is 19.4. The predicted octanol–water partition coefficient (Wildman–Crippen LogP) is 3.44. The quantitative estimate of drug-likeness (QED) is 0.791. The molecule has 1 amide bonds. The van der Waals surface area contributed by atoms with E-state index in [2.05, 4.69) is 0 Å². The number of aryl methyl sites for hydroxylation is 1. The largest absolute Gasteiger partial charge is 0.337 e. The molecule has 1 heterocycles. The molecule has 0 atom stereocenters. The molecule has 0 aliphatic carbocycles. The smallest absolute Gasteiger partial charge is 0.254 e. The van der Waals surface area contributed by atoms with E-state index in [0.717, 1.165) is 30.4 Å². The van der Waals surface area contributed by atoms with Crippen molar-refractivity contribution in [1.29, 1.82) is 0 Å². The van der Waals surface area contributed by atoms with Crippen molar-refractivity contribution in [3.8, 4) is 0 Å². The molecule has 0 spiro atoms. The first kappa shape index (κ1) is 19.6. The Labute approximate surface area is 161 Å². The summed E-state index contributed by atoms with van der Waals surface area (Å²) in [5, 5.41) is 0. The summed E-state index contributed by atoms with van der Waals surface area (Å²) in [7, 11) is -1.82. The van der Waals surface area contributed by atoms with Gasteiger partial charge >= 0.3 is 0 Å². The van der Waals surface area contributed by atoms with E-state index < -0.39 is 10.0 Å². The van der Waals surface area contributed by atoms with E-state index >= 15 is 0 Å². The summed E-state index contributed by atoms with van der Waals surface area (Å²) in [5.41, 5.74) is 2.24. The Morgan fingerprint density at radius 3 is 2.37 bits per heavy atom. The van der Waals surface area contributed by atoms with Gasteiger partial charge in [0.15, 0.2) is 0 Å². The number of hydrogen-bond acceptors (Lipinski definition) is 3. The molecular formula is C21H26N2O3S. The molecule has 0 N–H and O–H groups in total. The summed E-state index contributed by atoms with van der Waals surface area (Å²) in [6.45, 7) is 3.41. The number of carbonyl (C=O) groups excluding carboxylic acids is 1. The third-order valence-electron chi connectivity index (χ3n) is 5.00. The van der Waals surface area contributed by atoms with Crippen molar-refractivity contribution in [1.82, 2.24) is 9.21 Å². The Morgan fingerprint density at radius 1 is 1.04 bits per heavy atom. The van der Waals surface area contributed by atoms with Crippen LogP contribution in [-0.2, 0) is 16.6 Å². The van der Waals surface area contributed by atoms with Crippen LogP contribution in [0.25, 0.3) is 0 Å². The van der Waals surface area contributed by atoms with Crippen LogP contribution in [0.15, 0.2) is 53.4 Å². The molecular weight excluding hydrogens is 360 g/mol. The van der Waals surface area contributed by atoms with Gasteiger partial charge in [-0.15, -0.1) is 0 Å². The molecule has 0 unspecified atom stereocenters. The highest BCUT2D eigenvalue weighted by Gasteiger charge is 2.27. The highest BCUT2D eigenvalue weighted by Crippen LogP contribution is 2.23. The zero-order valence-corrected chi connectivity index (χ0v) is 16.7. The SMILES string of the molecule is Cc1ccc(S(=O)(=O)N2CCCCC2)cc1C(=O)N(C)Cc1ccccc1. The number of rotatable bonds is 5. The van der Waals surface area contributed by atoms with Gasteiger partial charge in [0.1, 0.15) is 0 Å². The molecule has 144 valence electrons. The van der Waals surface area contributed by atoms with Gasteiger partial charge in [0.05, 0.1) is 4.90 Å². The number of nitrogens with zero attached hydrogens (tertiary/aromatic N) is 2. The lowest BCUT2D eigenvalue weighted by molar-refractivity contribution is 0.0784. The van der Waals surface area contributed by atoms with Crippen molar-refractivity contribution >= 4 is 15.9 Å². The fourth-order valence-corrected chi connectivity index (χ4v) is 4.92. The maximum atomic E-state index is 12.9. The van der Waals surface area contributed by atoms with Gasteiger partial charge < -0.3 is 4.90 Å². The van der Waals surface area contributed by atoms with E-state index in [-0.39, 0.29) is 10.8 Å². The maximum Gasteiger partial charge on any atom is 0.254 e. The Balaban J connectivity index is 1.85. The molecule has 1 aliphatic heterocycles.